The van der Waals surface area contributed by atoms with Crippen molar-refractivity contribution in [3.63, 3.8) is 0 Å². The predicted octanol–water partition coefficient (Wildman–Crippen LogP) is 4.96. The van der Waals surface area contributed by atoms with Gasteiger partial charge < -0.3 is 10.2 Å². The number of aliphatic hydroxyl groups is 1. The molecule has 128 valence electrons. The normalized spacial score (nSPS) is 14.2. The van der Waals surface area contributed by atoms with Crippen LogP contribution in [0.15, 0.2) is 60.8 Å². The first kappa shape index (κ1) is 21.1. The zero-order chi connectivity index (χ0) is 17.2. The highest BCUT2D eigenvalue weighted by atomic mass is 16.4. The molecule has 0 heterocycles. The van der Waals surface area contributed by atoms with Crippen LogP contribution in [0, 0.1) is 0 Å². The Balaban J connectivity index is 3.68. The molecule has 0 bridgehead atoms. The van der Waals surface area contributed by atoms with E-state index in [0.717, 1.165) is 25.7 Å². The molecule has 0 unspecified atom stereocenters. The summed E-state index contributed by atoms with van der Waals surface area (Å²) in [7, 11) is 0. The molecule has 2 N–H and O–H groups in total. The fourth-order valence-electron chi connectivity index (χ4n) is 1.77. The third kappa shape index (κ3) is 18.1. The van der Waals surface area contributed by atoms with E-state index in [0.29, 0.717) is 12.8 Å². The smallest absolute Gasteiger partial charge is 0.303 e. The summed E-state index contributed by atoms with van der Waals surface area (Å²) in [5.74, 6) is -0.741. The summed E-state index contributed by atoms with van der Waals surface area (Å²) in [5, 5.41) is 18.2. The zero-order valence-corrected chi connectivity index (χ0v) is 14.1. The van der Waals surface area contributed by atoms with Crippen molar-refractivity contribution in [2.24, 2.45) is 0 Å². The maximum atomic E-state index is 10.3. The largest absolute Gasteiger partial charge is 0.481 e. The Kier molecular flexibility index (Phi) is 15.2. The zero-order valence-electron chi connectivity index (χ0n) is 14.1. The van der Waals surface area contributed by atoms with Crippen molar-refractivity contribution in [1.29, 1.82) is 0 Å². The van der Waals surface area contributed by atoms with E-state index < -0.39 is 12.1 Å². The molecule has 0 radical (unpaired) electrons. The van der Waals surface area contributed by atoms with E-state index in [9.17, 15) is 9.90 Å². The summed E-state index contributed by atoms with van der Waals surface area (Å²) in [5.41, 5.74) is 0. The number of aliphatic hydroxyl groups excluding tert-OH is 1. The molecular formula is C20H30O3. The highest BCUT2D eigenvalue weighted by molar-refractivity contribution is 5.66. The Labute approximate surface area is 140 Å². The van der Waals surface area contributed by atoms with Crippen molar-refractivity contribution >= 4 is 5.97 Å². The molecule has 0 aromatic heterocycles. The third-order valence-corrected chi connectivity index (χ3v) is 3.00. The maximum absolute atomic E-state index is 10.3. The van der Waals surface area contributed by atoms with Crippen LogP contribution in [0.1, 0.15) is 51.9 Å². The third-order valence-electron chi connectivity index (χ3n) is 3.00. The number of rotatable bonds is 13. The average Bonchev–Trinajstić information content (AvgIpc) is 2.52. The highest BCUT2D eigenvalue weighted by Gasteiger charge is 1.93. The lowest BCUT2D eigenvalue weighted by molar-refractivity contribution is -0.137. The molecule has 0 amide bonds. The minimum atomic E-state index is -0.741. The number of carboxylic acid groups (broad SMARTS) is 1. The van der Waals surface area contributed by atoms with Gasteiger partial charge in [0.15, 0.2) is 0 Å². The second-order valence-electron chi connectivity index (χ2n) is 5.20. The van der Waals surface area contributed by atoms with Crippen molar-refractivity contribution < 1.29 is 15.0 Å². The second-order valence-corrected chi connectivity index (χ2v) is 5.20. The van der Waals surface area contributed by atoms with Gasteiger partial charge in [-0.3, -0.25) is 4.79 Å². The molecular weight excluding hydrogens is 288 g/mol. The number of hydrogen-bond donors (Lipinski definition) is 2. The Bertz CT molecular complexity index is 428. The minimum absolute atomic E-state index is 0.226. The van der Waals surface area contributed by atoms with E-state index in [4.69, 9.17) is 5.11 Å². The lowest BCUT2D eigenvalue weighted by Crippen LogP contribution is -1.98. The van der Waals surface area contributed by atoms with Crippen LogP contribution in [0.3, 0.4) is 0 Å². The van der Waals surface area contributed by atoms with Crippen molar-refractivity contribution in [2.75, 3.05) is 0 Å². The number of allylic oxidation sites excluding steroid dienone is 8. The molecule has 23 heavy (non-hydrogen) atoms. The van der Waals surface area contributed by atoms with Gasteiger partial charge in [-0.2, -0.15) is 0 Å². The van der Waals surface area contributed by atoms with Gasteiger partial charge in [0.2, 0.25) is 0 Å². The van der Waals surface area contributed by atoms with Gasteiger partial charge in [-0.15, -0.1) is 0 Å². The van der Waals surface area contributed by atoms with E-state index in [1.807, 2.05) is 36.5 Å². The van der Waals surface area contributed by atoms with E-state index in [2.05, 4.69) is 25.2 Å². The molecule has 0 aliphatic rings. The van der Waals surface area contributed by atoms with Gasteiger partial charge in [0, 0.05) is 6.42 Å². The van der Waals surface area contributed by atoms with Gasteiger partial charge in [-0.05, 0) is 38.5 Å². The van der Waals surface area contributed by atoms with Crippen LogP contribution in [0.25, 0.3) is 0 Å². The lowest BCUT2D eigenvalue weighted by atomic mass is 10.2. The van der Waals surface area contributed by atoms with Crippen molar-refractivity contribution in [3.8, 4) is 0 Å². The van der Waals surface area contributed by atoms with E-state index >= 15 is 0 Å². The summed E-state index contributed by atoms with van der Waals surface area (Å²) in [6.07, 6.45) is 24.6. The minimum Gasteiger partial charge on any atom is -0.481 e. The molecule has 0 aliphatic carbocycles. The van der Waals surface area contributed by atoms with Crippen LogP contribution in [-0.4, -0.2) is 22.3 Å². The second kappa shape index (κ2) is 16.5. The molecule has 0 rings (SSSR count). The van der Waals surface area contributed by atoms with Crippen LogP contribution in [0.4, 0.5) is 0 Å². The number of carboxylic acids is 1. The molecule has 0 aliphatic heterocycles. The summed E-state index contributed by atoms with van der Waals surface area (Å²) in [6.45, 7) is 2.11. The first-order chi connectivity index (χ1) is 11.2. The van der Waals surface area contributed by atoms with Gasteiger partial charge in [-0.1, -0.05) is 67.7 Å². The van der Waals surface area contributed by atoms with Crippen molar-refractivity contribution in [2.45, 2.75) is 58.0 Å². The molecule has 3 heteroatoms. The summed E-state index contributed by atoms with van der Waals surface area (Å²) < 4.78 is 0. The summed E-state index contributed by atoms with van der Waals surface area (Å²) in [4.78, 5) is 10.3. The van der Waals surface area contributed by atoms with Crippen LogP contribution in [-0.2, 0) is 4.79 Å². The van der Waals surface area contributed by atoms with Crippen molar-refractivity contribution in [1.82, 2.24) is 0 Å². The van der Waals surface area contributed by atoms with Crippen molar-refractivity contribution in [3.05, 3.63) is 60.8 Å². The standard InChI is InChI=1S/C20H30O3/c1-2-3-4-5-10-13-16-19(21)17-14-11-8-6-7-9-12-15-18-20(22)23/h3-4,7-11,13-14,17,19,21H,2,5-6,12,15-16,18H2,1H3,(H,22,23)/b4-3-,9-7-,11-8-,13-10-,17-14+/t19-/m1/s1. The number of aliphatic carboxylic acids is 1. The molecule has 0 fully saturated rings. The molecule has 3 nitrogen and oxygen atoms in total. The first-order valence-corrected chi connectivity index (χ1v) is 8.35. The van der Waals surface area contributed by atoms with Gasteiger partial charge in [-0.25, -0.2) is 0 Å². The maximum Gasteiger partial charge on any atom is 0.303 e. The van der Waals surface area contributed by atoms with Gasteiger partial charge >= 0.3 is 5.97 Å². The number of carbonyl (C=O) groups is 1. The monoisotopic (exact) mass is 318 g/mol. The van der Waals surface area contributed by atoms with Crippen LogP contribution >= 0.6 is 0 Å². The topological polar surface area (TPSA) is 57.5 Å². The molecule has 0 spiro atoms. The van der Waals surface area contributed by atoms with E-state index in [1.54, 1.807) is 6.08 Å². The Hall–Kier alpha value is -1.87. The van der Waals surface area contributed by atoms with Gasteiger partial charge in [0.1, 0.15) is 0 Å². The van der Waals surface area contributed by atoms with E-state index in [-0.39, 0.29) is 6.42 Å². The van der Waals surface area contributed by atoms with Gasteiger partial charge in [0.25, 0.3) is 0 Å². The molecule has 0 aromatic carbocycles. The van der Waals surface area contributed by atoms with Crippen LogP contribution in [0.2, 0.25) is 0 Å². The Morgan fingerprint density at radius 1 is 0.957 bits per heavy atom. The Morgan fingerprint density at radius 2 is 1.65 bits per heavy atom. The first-order valence-electron chi connectivity index (χ1n) is 8.35. The SMILES string of the molecule is CC/C=C\C/C=C\C[C@@H](O)/C=C/C=C\C/C=C\CCCC(=O)O. The Morgan fingerprint density at radius 3 is 2.39 bits per heavy atom. The molecule has 0 saturated heterocycles. The predicted molar refractivity (Wildman–Crippen MR) is 97.3 cm³/mol. The molecule has 0 saturated carbocycles. The summed E-state index contributed by atoms with van der Waals surface area (Å²) >= 11 is 0. The molecule has 0 aromatic rings. The average molecular weight is 318 g/mol. The van der Waals surface area contributed by atoms with Crippen LogP contribution < -0.4 is 0 Å². The van der Waals surface area contributed by atoms with E-state index in [1.165, 1.54) is 0 Å². The lowest BCUT2D eigenvalue weighted by Gasteiger charge is -1.98. The fraction of sp³-hybridized carbons (Fsp3) is 0.450. The number of hydrogen-bond acceptors (Lipinski definition) is 2. The molecule has 1 atom stereocenters. The highest BCUT2D eigenvalue weighted by Crippen LogP contribution is 2.00. The quantitative estimate of drug-likeness (QED) is 0.286. The van der Waals surface area contributed by atoms with Crippen LogP contribution in [0.5, 0.6) is 0 Å². The van der Waals surface area contributed by atoms with Gasteiger partial charge in [0.05, 0.1) is 6.10 Å². The fourth-order valence-corrected chi connectivity index (χ4v) is 1.77. The summed E-state index contributed by atoms with van der Waals surface area (Å²) in [6, 6.07) is 0. The number of unbranched alkanes of at least 4 members (excludes halogenated alkanes) is 1.